The first-order valence-electron chi connectivity index (χ1n) is 6.44. The van der Waals surface area contributed by atoms with Gasteiger partial charge in [-0.15, -0.1) is 0 Å². The van der Waals surface area contributed by atoms with Crippen molar-refractivity contribution in [3.05, 3.63) is 72.6 Å². The zero-order valence-corrected chi connectivity index (χ0v) is 11.2. The zero-order valence-electron chi connectivity index (χ0n) is 11.2. The highest BCUT2D eigenvalue weighted by Gasteiger charge is 2.10. The third kappa shape index (κ3) is 2.89. The first kappa shape index (κ1) is 12.9. The Labute approximate surface area is 121 Å². The lowest BCUT2D eigenvalue weighted by atomic mass is 10.2. The molecule has 0 aliphatic carbocycles. The topological polar surface area (TPSA) is 81.1 Å². The average Bonchev–Trinajstić information content (AvgIpc) is 2.96. The molecule has 1 heterocycles. The molecule has 104 valence electrons. The summed E-state index contributed by atoms with van der Waals surface area (Å²) in [6.07, 6.45) is 1.40. The summed E-state index contributed by atoms with van der Waals surface area (Å²) in [7, 11) is 0. The maximum Gasteiger partial charge on any atom is 0.224 e. The fourth-order valence-corrected chi connectivity index (χ4v) is 1.87. The van der Waals surface area contributed by atoms with E-state index in [4.69, 9.17) is 5.73 Å². The lowest BCUT2D eigenvalue weighted by Gasteiger charge is -2.08. The maximum absolute atomic E-state index is 5.83. The average molecular weight is 278 g/mol. The quantitative estimate of drug-likeness (QED) is 0.437. The Hall–Kier alpha value is -3.15. The number of hydrogen-bond acceptors (Lipinski definition) is 5. The van der Waals surface area contributed by atoms with Gasteiger partial charge in [-0.2, -0.15) is 19.9 Å². The highest BCUT2D eigenvalue weighted by Crippen LogP contribution is 2.09. The summed E-state index contributed by atoms with van der Waals surface area (Å²) < 4.78 is 1.49. The van der Waals surface area contributed by atoms with Gasteiger partial charge in [-0.25, -0.2) is 0 Å². The maximum atomic E-state index is 5.83. The van der Waals surface area contributed by atoms with Crippen molar-refractivity contribution >= 4 is 17.5 Å². The molecule has 2 aromatic carbocycles. The Morgan fingerprint density at radius 3 is 2.29 bits per heavy atom. The molecule has 0 unspecified atom stereocenters. The molecule has 21 heavy (non-hydrogen) atoms. The van der Waals surface area contributed by atoms with Gasteiger partial charge in [0.25, 0.3) is 0 Å². The van der Waals surface area contributed by atoms with E-state index in [2.05, 4.69) is 20.6 Å². The van der Waals surface area contributed by atoms with E-state index in [1.165, 1.54) is 11.0 Å². The van der Waals surface area contributed by atoms with Crippen LogP contribution in [0.4, 0.5) is 11.6 Å². The van der Waals surface area contributed by atoms with Gasteiger partial charge in [0.1, 0.15) is 6.33 Å². The van der Waals surface area contributed by atoms with Crippen LogP contribution in [0.2, 0.25) is 0 Å². The third-order valence-corrected chi connectivity index (χ3v) is 2.87. The molecule has 6 nitrogen and oxygen atoms in total. The molecule has 3 rings (SSSR count). The monoisotopic (exact) mass is 278 g/mol. The Morgan fingerprint density at radius 2 is 1.67 bits per heavy atom. The van der Waals surface area contributed by atoms with E-state index in [1.54, 1.807) is 0 Å². The van der Waals surface area contributed by atoms with Gasteiger partial charge in [0.15, 0.2) is 5.84 Å². The second-order valence-corrected chi connectivity index (χ2v) is 4.31. The number of aromatic nitrogens is 3. The van der Waals surface area contributed by atoms with Gasteiger partial charge in [-0.3, -0.25) is 5.43 Å². The Balaban J connectivity index is 1.99. The molecule has 3 N–H and O–H groups in total. The lowest BCUT2D eigenvalue weighted by Crippen LogP contribution is -2.19. The van der Waals surface area contributed by atoms with Crippen molar-refractivity contribution in [1.82, 2.24) is 14.8 Å². The number of rotatable bonds is 3. The molecule has 6 heteroatoms. The number of nitrogen functional groups attached to an aromatic ring is 1. The van der Waals surface area contributed by atoms with Crippen LogP contribution < -0.4 is 11.2 Å². The van der Waals surface area contributed by atoms with E-state index in [9.17, 15) is 0 Å². The number of anilines is 2. The smallest absolute Gasteiger partial charge is 0.224 e. The number of nitrogens with two attached hydrogens (primary N) is 1. The third-order valence-electron chi connectivity index (χ3n) is 2.87. The molecule has 0 bridgehead atoms. The lowest BCUT2D eigenvalue weighted by molar-refractivity contribution is 0.937. The van der Waals surface area contributed by atoms with Crippen molar-refractivity contribution in [3.63, 3.8) is 0 Å². The summed E-state index contributed by atoms with van der Waals surface area (Å²) in [5.74, 6) is 0.863. The van der Waals surface area contributed by atoms with Crippen LogP contribution in [0.3, 0.4) is 0 Å². The Kier molecular flexibility index (Phi) is 3.60. The summed E-state index contributed by atoms with van der Waals surface area (Å²) in [6, 6.07) is 19.3. The molecule has 3 aromatic rings. The van der Waals surface area contributed by atoms with E-state index in [1.807, 2.05) is 60.7 Å². The molecule has 0 radical (unpaired) electrons. The van der Waals surface area contributed by atoms with Crippen molar-refractivity contribution in [2.24, 2.45) is 5.10 Å². The van der Waals surface area contributed by atoms with Crippen molar-refractivity contribution in [2.45, 2.75) is 0 Å². The van der Waals surface area contributed by atoms with Crippen LogP contribution in [-0.4, -0.2) is 20.6 Å². The largest absolute Gasteiger partial charge is 0.368 e. The fourth-order valence-electron chi connectivity index (χ4n) is 1.87. The zero-order chi connectivity index (χ0) is 14.5. The van der Waals surface area contributed by atoms with Gasteiger partial charge in [-0.05, 0) is 12.1 Å². The van der Waals surface area contributed by atoms with Crippen LogP contribution in [0.5, 0.6) is 0 Å². The minimum Gasteiger partial charge on any atom is -0.368 e. The SMILES string of the molecule is Nc1ncnn1/C(=N/Nc1ccccc1)c1ccccc1. The number of para-hydroxylation sites is 1. The number of hydrogen-bond donors (Lipinski definition) is 2. The predicted molar refractivity (Wildman–Crippen MR) is 82.9 cm³/mol. The van der Waals surface area contributed by atoms with Crippen LogP contribution in [0.25, 0.3) is 0 Å². The van der Waals surface area contributed by atoms with Gasteiger partial charge in [0, 0.05) is 5.56 Å². The molecule has 0 aliphatic heterocycles. The van der Waals surface area contributed by atoms with Crippen molar-refractivity contribution in [1.29, 1.82) is 0 Å². The van der Waals surface area contributed by atoms with E-state index < -0.39 is 0 Å². The molecule has 1 aromatic heterocycles. The number of benzene rings is 2. The summed E-state index contributed by atoms with van der Waals surface area (Å²) in [5.41, 5.74) is 10.6. The molecule has 0 spiro atoms. The van der Waals surface area contributed by atoms with Gasteiger partial charge >= 0.3 is 0 Å². The molecule has 0 aliphatic rings. The van der Waals surface area contributed by atoms with Crippen LogP contribution >= 0.6 is 0 Å². The Bertz CT molecular complexity index is 733. The molecule has 0 amide bonds. The molecule has 0 saturated carbocycles. The molecular formula is C15H14N6. The second-order valence-electron chi connectivity index (χ2n) is 4.31. The fraction of sp³-hybridized carbons (Fsp3) is 0. The second kappa shape index (κ2) is 5.87. The van der Waals surface area contributed by atoms with Crippen molar-refractivity contribution in [3.8, 4) is 0 Å². The van der Waals surface area contributed by atoms with Gasteiger partial charge < -0.3 is 5.73 Å². The van der Waals surface area contributed by atoms with E-state index >= 15 is 0 Å². The standard InChI is InChI=1S/C15H14N6/c16-15-17-11-18-21(15)14(12-7-3-1-4-8-12)20-19-13-9-5-2-6-10-13/h1-11,19H,(H2,16,17,18)/b20-14+. The highest BCUT2D eigenvalue weighted by atomic mass is 15.4. The van der Waals surface area contributed by atoms with Crippen LogP contribution in [0, 0.1) is 0 Å². The van der Waals surface area contributed by atoms with Crippen LogP contribution in [0.1, 0.15) is 5.56 Å². The molecular weight excluding hydrogens is 264 g/mol. The summed E-state index contributed by atoms with van der Waals surface area (Å²) in [6.45, 7) is 0. The van der Waals surface area contributed by atoms with Gasteiger partial charge in [0.05, 0.1) is 5.69 Å². The summed E-state index contributed by atoms with van der Waals surface area (Å²) in [5, 5.41) is 8.53. The van der Waals surface area contributed by atoms with E-state index in [0.717, 1.165) is 11.3 Å². The van der Waals surface area contributed by atoms with Gasteiger partial charge in [-0.1, -0.05) is 48.5 Å². The number of nitrogens with zero attached hydrogens (tertiary/aromatic N) is 4. The Morgan fingerprint density at radius 1 is 1.00 bits per heavy atom. The van der Waals surface area contributed by atoms with Crippen LogP contribution in [-0.2, 0) is 0 Å². The molecule has 0 fully saturated rings. The minimum absolute atomic E-state index is 0.285. The highest BCUT2D eigenvalue weighted by molar-refractivity contribution is 6.01. The summed E-state index contributed by atoms with van der Waals surface area (Å²) >= 11 is 0. The first-order valence-corrected chi connectivity index (χ1v) is 6.44. The normalized spacial score (nSPS) is 11.3. The summed E-state index contributed by atoms with van der Waals surface area (Å²) in [4.78, 5) is 3.94. The van der Waals surface area contributed by atoms with E-state index in [-0.39, 0.29) is 5.95 Å². The van der Waals surface area contributed by atoms with Crippen molar-refractivity contribution < 1.29 is 0 Å². The molecule has 0 atom stereocenters. The van der Waals surface area contributed by atoms with E-state index in [0.29, 0.717) is 5.84 Å². The first-order chi connectivity index (χ1) is 10.3. The van der Waals surface area contributed by atoms with Crippen molar-refractivity contribution in [2.75, 3.05) is 11.2 Å². The minimum atomic E-state index is 0.285. The van der Waals surface area contributed by atoms with Gasteiger partial charge in [0.2, 0.25) is 5.95 Å². The number of nitrogens with one attached hydrogen (secondary N) is 1. The number of hydrazone groups is 1. The molecule has 0 saturated heterocycles. The predicted octanol–water partition coefficient (Wildman–Crippen LogP) is 2.18. The van der Waals surface area contributed by atoms with Crippen LogP contribution in [0.15, 0.2) is 72.1 Å².